The van der Waals surface area contributed by atoms with E-state index in [1.807, 2.05) is 19.1 Å². The van der Waals surface area contributed by atoms with Crippen molar-refractivity contribution in [2.24, 2.45) is 17.8 Å². The van der Waals surface area contributed by atoms with Crippen LogP contribution in [0, 0.1) is 23.6 Å². The fourth-order valence-corrected chi connectivity index (χ4v) is 3.46. The Morgan fingerprint density at radius 2 is 2.04 bits per heavy atom. The summed E-state index contributed by atoms with van der Waals surface area (Å²) in [6.07, 6.45) is 9.90. The van der Waals surface area contributed by atoms with Crippen molar-refractivity contribution in [3.8, 4) is 0 Å². The molecule has 128 valence electrons. The summed E-state index contributed by atoms with van der Waals surface area (Å²) in [4.78, 5) is 0. The summed E-state index contributed by atoms with van der Waals surface area (Å²) < 4.78 is 19.2. The van der Waals surface area contributed by atoms with Crippen molar-refractivity contribution in [1.29, 1.82) is 0 Å². The Morgan fingerprint density at radius 1 is 1.30 bits per heavy atom. The number of rotatable bonds is 8. The van der Waals surface area contributed by atoms with E-state index in [1.165, 1.54) is 38.2 Å². The summed E-state index contributed by atoms with van der Waals surface area (Å²) >= 11 is 0. The molecule has 0 N–H and O–H groups in total. The van der Waals surface area contributed by atoms with Gasteiger partial charge in [0, 0.05) is 0 Å². The van der Waals surface area contributed by atoms with E-state index in [0.717, 1.165) is 23.8 Å². The molecule has 1 aromatic carbocycles. The van der Waals surface area contributed by atoms with Gasteiger partial charge in [-0.2, -0.15) is 0 Å². The Labute approximate surface area is 140 Å². The smallest absolute Gasteiger partial charge is 0.123 e. The molecule has 0 radical (unpaired) electrons. The van der Waals surface area contributed by atoms with Crippen molar-refractivity contribution in [2.75, 3.05) is 6.61 Å². The van der Waals surface area contributed by atoms with Gasteiger partial charge in [-0.3, -0.25) is 0 Å². The van der Waals surface area contributed by atoms with E-state index < -0.39 is 0 Å². The SMILES string of the molecule is C=CC(CCC1CCC(C)CC1)COC(C)c1cccc(F)c1. The molecule has 1 aliphatic rings. The number of hydrogen-bond acceptors (Lipinski definition) is 1. The molecule has 0 aromatic heterocycles. The molecule has 0 saturated heterocycles. The molecular formula is C21H31FO. The molecule has 0 spiro atoms. The highest BCUT2D eigenvalue weighted by Gasteiger charge is 2.19. The van der Waals surface area contributed by atoms with Crippen molar-refractivity contribution in [3.05, 3.63) is 48.3 Å². The molecule has 1 aliphatic carbocycles. The number of ether oxygens (including phenoxy) is 1. The van der Waals surface area contributed by atoms with Crippen molar-refractivity contribution < 1.29 is 9.13 Å². The minimum absolute atomic E-state index is 0.0799. The van der Waals surface area contributed by atoms with E-state index in [0.29, 0.717) is 12.5 Å². The van der Waals surface area contributed by atoms with Crippen LogP contribution in [0.3, 0.4) is 0 Å². The average Bonchev–Trinajstić information content (AvgIpc) is 2.56. The molecule has 2 rings (SSSR count). The summed E-state index contributed by atoms with van der Waals surface area (Å²) in [5.74, 6) is 1.99. The second-order valence-electron chi connectivity index (χ2n) is 7.23. The second-order valence-corrected chi connectivity index (χ2v) is 7.23. The largest absolute Gasteiger partial charge is 0.373 e. The van der Waals surface area contributed by atoms with Gasteiger partial charge in [-0.15, -0.1) is 6.58 Å². The molecule has 23 heavy (non-hydrogen) atoms. The quantitative estimate of drug-likeness (QED) is 0.510. The topological polar surface area (TPSA) is 9.23 Å². The normalized spacial score (nSPS) is 24.1. The van der Waals surface area contributed by atoms with Crippen LogP contribution in [-0.4, -0.2) is 6.61 Å². The first kappa shape index (κ1) is 18.2. The lowest BCUT2D eigenvalue weighted by atomic mass is 9.80. The van der Waals surface area contributed by atoms with E-state index in [2.05, 4.69) is 13.5 Å². The number of benzene rings is 1. The third-order valence-electron chi connectivity index (χ3n) is 5.29. The van der Waals surface area contributed by atoms with E-state index in [9.17, 15) is 4.39 Å². The van der Waals surface area contributed by atoms with Gasteiger partial charge in [-0.25, -0.2) is 4.39 Å². The van der Waals surface area contributed by atoms with Crippen LogP contribution in [0.25, 0.3) is 0 Å². The summed E-state index contributed by atoms with van der Waals surface area (Å²) in [5, 5.41) is 0. The molecule has 2 unspecified atom stereocenters. The molecule has 1 fully saturated rings. The fraction of sp³-hybridized carbons (Fsp3) is 0.619. The van der Waals surface area contributed by atoms with Crippen LogP contribution in [0.4, 0.5) is 4.39 Å². The standard InChI is InChI=1S/C21H31FO/c1-4-18(12-13-19-10-8-16(2)9-11-19)15-23-17(3)20-6-5-7-21(22)14-20/h4-7,14,16-19H,1,8-13,15H2,2-3H3. The van der Waals surface area contributed by atoms with Gasteiger partial charge in [0.2, 0.25) is 0 Å². The van der Waals surface area contributed by atoms with Crippen LogP contribution >= 0.6 is 0 Å². The van der Waals surface area contributed by atoms with E-state index in [4.69, 9.17) is 4.74 Å². The lowest BCUT2D eigenvalue weighted by Crippen LogP contribution is -2.15. The molecular weight excluding hydrogens is 287 g/mol. The highest BCUT2D eigenvalue weighted by atomic mass is 19.1. The summed E-state index contributed by atoms with van der Waals surface area (Å²) in [6.45, 7) is 8.98. The zero-order valence-corrected chi connectivity index (χ0v) is 14.6. The molecule has 0 bridgehead atoms. The lowest BCUT2D eigenvalue weighted by Gasteiger charge is -2.27. The summed E-state index contributed by atoms with van der Waals surface area (Å²) in [6, 6.07) is 6.67. The van der Waals surface area contributed by atoms with Crippen LogP contribution in [0.1, 0.15) is 64.0 Å². The second kappa shape index (κ2) is 9.22. The first-order valence-electron chi connectivity index (χ1n) is 9.08. The Kier molecular flexibility index (Phi) is 7.29. The predicted octanol–water partition coefficient (Wildman–Crippen LogP) is 6.31. The molecule has 2 heteroatoms. The van der Waals surface area contributed by atoms with Crippen LogP contribution in [0.5, 0.6) is 0 Å². The van der Waals surface area contributed by atoms with Crippen molar-refractivity contribution in [1.82, 2.24) is 0 Å². The molecule has 0 heterocycles. The molecule has 1 aromatic rings. The average molecular weight is 318 g/mol. The van der Waals surface area contributed by atoms with Gasteiger partial charge < -0.3 is 4.74 Å². The van der Waals surface area contributed by atoms with Crippen LogP contribution < -0.4 is 0 Å². The maximum atomic E-state index is 13.3. The van der Waals surface area contributed by atoms with Crippen molar-refractivity contribution in [2.45, 2.75) is 58.5 Å². The Hall–Kier alpha value is -1.15. The monoisotopic (exact) mass is 318 g/mol. The molecule has 0 amide bonds. The Bertz CT molecular complexity index is 476. The Balaban J connectivity index is 1.73. The van der Waals surface area contributed by atoms with Gasteiger partial charge in [0.15, 0.2) is 0 Å². The molecule has 2 atom stereocenters. The summed E-state index contributed by atoms with van der Waals surface area (Å²) in [7, 11) is 0. The highest BCUT2D eigenvalue weighted by Crippen LogP contribution is 2.32. The lowest BCUT2D eigenvalue weighted by molar-refractivity contribution is 0.0454. The van der Waals surface area contributed by atoms with E-state index in [1.54, 1.807) is 12.1 Å². The third kappa shape index (κ3) is 6.10. The zero-order valence-electron chi connectivity index (χ0n) is 14.6. The third-order valence-corrected chi connectivity index (χ3v) is 5.29. The number of halogens is 1. The maximum Gasteiger partial charge on any atom is 0.123 e. The van der Waals surface area contributed by atoms with Crippen LogP contribution in [-0.2, 0) is 4.74 Å². The predicted molar refractivity (Wildman–Crippen MR) is 94.8 cm³/mol. The molecule has 1 nitrogen and oxygen atoms in total. The van der Waals surface area contributed by atoms with Gasteiger partial charge in [0.1, 0.15) is 5.82 Å². The molecule has 0 aliphatic heterocycles. The van der Waals surface area contributed by atoms with Gasteiger partial charge in [-0.1, -0.05) is 50.8 Å². The molecule has 1 saturated carbocycles. The van der Waals surface area contributed by atoms with Gasteiger partial charge in [0.25, 0.3) is 0 Å². The zero-order chi connectivity index (χ0) is 16.7. The van der Waals surface area contributed by atoms with Gasteiger partial charge in [0.05, 0.1) is 12.7 Å². The first-order valence-corrected chi connectivity index (χ1v) is 9.08. The highest BCUT2D eigenvalue weighted by molar-refractivity contribution is 5.18. The minimum Gasteiger partial charge on any atom is -0.373 e. The van der Waals surface area contributed by atoms with Gasteiger partial charge in [-0.05, 0) is 55.2 Å². The van der Waals surface area contributed by atoms with Crippen LogP contribution in [0.2, 0.25) is 0 Å². The minimum atomic E-state index is -0.204. The number of hydrogen-bond donors (Lipinski definition) is 0. The van der Waals surface area contributed by atoms with E-state index >= 15 is 0 Å². The van der Waals surface area contributed by atoms with Crippen LogP contribution in [0.15, 0.2) is 36.9 Å². The van der Waals surface area contributed by atoms with Gasteiger partial charge >= 0.3 is 0 Å². The Morgan fingerprint density at radius 3 is 2.70 bits per heavy atom. The first-order chi connectivity index (χ1) is 11.1. The van der Waals surface area contributed by atoms with Crippen molar-refractivity contribution in [3.63, 3.8) is 0 Å². The maximum absolute atomic E-state index is 13.3. The fourth-order valence-electron chi connectivity index (χ4n) is 3.46. The summed E-state index contributed by atoms with van der Waals surface area (Å²) in [5.41, 5.74) is 0.897. The van der Waals surface area contributed by atoms with Crippen molar-refractivity contribution >= 4 is 0 Å². The van der Waals surface area contributed by atoms with E-state index in [-0.39, 0.29) is 11.9 Å².